The van der Waals surface area contributed by atoms with E-state index in [0.717, 1.165) is 5.56 Å². The summed E-state index contributed by atoms with van der Waals surface area (Å²) < 4.78 is 26.9. The Balaban J connectivity index is 1.61. The van der Waals surface area contributed by atoms with Crippen molar-refractivity contribution in [3.63, 3.8) is 0 Å². The van der Waals surface area contributed by atoms with Crippen molar-refractivity contribution in [2.45, 2.75) is 11.8 Å². The quantitative estimate of drug-likeness (QED) is 0.734. The zero-order valence-electron chi connectivity index (χ0n) is 14.6. The number of rotatable bonds is 5. The van der Waals surface area contributed by atoms with Gasteiger partial charge in [0.05, 0.1) is 11.6 Å². The van der Waals surface area contributed by atoms with Crippen LogP contribution in [0.4, 0.5) is 0 Å². The molecule has 0 saturated carbocycles. The molecule has 2 aromatic carbocycles. The highest BCUT2D eigenvalue weighted by Crippen LogP contribution is 2.25. The Morgan fingerprint density at radius 2 is 1.62 bits per heavy atom. The molecule has 0 aliphatic carbocycles. The third kappa shape index (κ3) is 4.15. The molecule has 0 radical (unpaired) electrons. The highest BCUT2D eigenvalue weighted by Gasteiger charge is 2.30. The first-order chi connectivity index (χ1) is 12.4. The van der Waals surface area contributed by atoms with Gasteiger partial charge in [-0.05, 0) is 19.1 Å². The van der Waals surface area contributed by atoms with Crippen molar-refractivity contribution >= 4 is 27.4 Å². The third-order valence-corrected chi connectivity index (χ3v) is 6.92. The van der Waals surface area contributed by atoms with Gasteiger partial charge < -0.3 is 0 Å². The van der Waals surface area contributed by atoms with Crippen LogP contribution in [0.25, 0.3) is 0 Å². The van der Waals surface area contributed by atoms with Gasteiger partial charge in [-0.1, -0.05) is 53.6 Å². The van der Waals surface area contributed by atoms with Crippen molar-refractivity contribution in [3.05, 3.63) is 64.7 Å². The van der Waals surface area contributed by atoms with Gasteiger partial charge in [-0.15, -0.1) is 0 Å². The van der Waals surface area contributed by atoms with Gasteiger partial charge in [-0.25, -0.2) is 8.42 Å². The van der Waals surface area contributed by atoms with Gasteiger partial charge in [0.15, 0.2) is 5.78 Å². The molecule has 0 bridgehead atoms. The zero-order chi connectivity index (χ0) is 18.7. The Kier molecular flexibility index (Phi) is 5.77. The lowest BCUT2D eigenvalue weighted by atomic mass is 10.1. The smallest absolute Gasteiger partial charge is 0.244 e. The van der Waals surface area contributed by atoms with Crippen LogP contribution in [-0.4, -0.2) is 56.1 Å². The number of Topliss-reactive ketones (excluding diaryl/α,β-unsaturated/α-hetero) is 1. The number of sulfonamides is 1. The molecule has 0 spiro atoms. The van der Waals surface area contributed by atoms with Gasteiger partial charge in [0, 0.05) is 31.7 Å². The lowest BCUT2D eigenvalue weighted by molar-refractivity contribution is 0.0901. The van der Waals surface area contributed by atoms with Crippen molar-refractivity contribution in [2.75, 3.05) is 32.7 Å². The Morgan fingerprint density at radius 3 is 2.23 bits per heavy atom. The van der Waals surface area contributed by atoms with E-state index in [0.29, 0.717) is 38.3 Å². The second-order valence-electron chi connectivity index (χ2n) is 6.40. The molecule has 1 aliphatic heterocycles. The first-order valence-electron chi connectivity index (χ1n) is 8.45. The van der Waals surface area contributed by atoms with Crippen LogP contribution in [0.2, 0.25) is 5.02 Å². The molecule has 1 saturated heterocycles. The van der Waals surface area contributed by atoms with Gasteiger partial charge in [0.2, 0.25) is 10.0 Å². The maximum Gasteiger partial charge on any atom is 0.244 e. The van der Waals surface area contributed by atoms with Crippen molar-refractivity contribution in [2.24, 2.45) is 0 Å². The van der Waals surface area contributed by atoms with E-state index in [2.05, 4.69) is 0 Å². The highest BCUT2D eigenvalue weighted by atomic mass is 35.5. The molecular formula is C19H21ClN2O3S. The summed E-state index contributed by atoms with van der Waals surface area (Å²) in [6.07, 6.45) is 0. The predicted octanol–water partition coefficient (Wildman–Crippen LogP) is 2.84. The van der Waals surface area contributed by atoms with Crippen LogP contribution in [0, 0.1) is 6.92 Å². The summed E-state index contributed by atoms with van der Waals surface area (Å²) in [7, 11) is -3.61. The number of halogens is 1. The lowest BCUT2D eigenvalue weighted by Crippen LogP contribution is -2.49. The minimum absolute atomic E-state index is 0.0485. The molecule has 5 nitrogen and oxygen atoms in total. The largest absolute Gasteiger partial charge is 0.293 e. The summed E-state index contributed by atoms with van der Waals surface area (Å²) in [4.78, 5) is 14.5. The number of piperazine rings is 1. The fourth-order valence-electron chi connectivity index (χ4n) is 2.95. The predicted molar refractivity (Wildman–Crippen MR) is 102 cm³/mol. The Labute approximate surface area is 159 Å². The maximum atomic E-state index is 12.7. The summed E-state index contributed by atoms with van der Waals surface area (Å²) in [5.74, 6) is 0.0485. The van der Waals surface area contributed by atoms with Gasteiger partial charge in [0.1, 0.15) is 4.90 Å². The molecule has 7 heteroatoms. The van der Waals surface area contributed by atoms with Crippen LogP contribution in [0.5, 0.6) is 0 Å². The SMILES string of the molecule is Cc1ccc(C(=O)CN2CCN(S(=O)(=O)c3ccccc3Cl)CC2)cc1. The average Bonchev–Trinajstić information content (AvgIpc) is 2.63. The summed E-state index contributed by atoms with van der Waals surface area (Å²) in [5, 5.41) is 0.226. The second kappa shape index (κ2) is 7.88. The molecule has 0 aromatic heterocycles. The molecule has 0 unspecified atom stereocenters. The number of hydrogen-bond acceptors (Lipinski definition) is 4. The second-order valence-corrected chi connectivity index (χ2v) is 8.71. The van der Waals surface area contributed by atoms with E-state index in [1.807, 2.05) is 36.1 Å². The Morgan fingerprint density at radius 1 is 1.00 bits per heavy atom. The fourth-order valence-corrected chi connectivity index (χ4v) is 4.87. The molecule has 2 aromatic rings. The monoisotopic (exact) mass is 392 g/mol. The highest BCUT2D eigenvalue weighted by molar-refractivity contribution is 7.89. The van der Waals surface area contributed by atoms with Crippen LogP contribution in [0.1, 0.15) is 15.9 Å². The Bertz CT molecular complexity index is 889. The number of carbonyl (C=O) groups is 1. The van der Waals surface area contributed by atoms with Gasteiger partial charge in [-0.3, -0.25) is 9.69 Å². The molecule has 1 fully saturated rings. The molecule has 3 rings (SSSR count). The summed E-state index contributed by atoms with van der Waals surface area (Å²) in [5.41, 5.74) is 1.79. The van der Waals surface area contributed by atoms with Crippen molar-refractivity contribution in [3.8, 4) is 0 Å². The van der Waals surface area contributed by atoms with Crippen LogP contribution < -0.4 is 0 Å². The summed E-state index contributed by atoms with van der Waals surface area (Å²) >= 11 is 6.04. The van der Waals surface area contributed by atoms with Crippen molar-refractivity contribution in [1.29, 1.82) is 0 Å². The fraction of sp³-hybridized carbons (Fsp3) is 0.316. The van der Waals surface area contributed by atoms with Crippen LogP contribution in [-0.2, 0) is 10.0 Å². The number of hydrogen-bond donors (Lipinski definition) is 0. The topological polar surface area (TPSA) is 57.7 Å². The normalized spacial score (nSPS) is 16.5. The molecule has 26 heavy (non-hydrogen) atoms. The van der Waals surface area contributed by atoms with Crippen LogP contribution in [0.3, 0.4) is 0 Å². The number of aryl methyl sites for hydroxylation is 1. The standard InChI is InChI=1S/C19H21ClN2O3S/c1-15-6-8-16(9-7-15)18(23)14-21-10-12-22(13-11-21)26(24,25)19-5-3-2-4-17(19)20/h2-9H,10-14H2,1H3. The first kappa shape index (κ1) is 19.0. The van der Waals surface area contributed by atoms with E-state index in [-0.39, 0.29) is 15.7 Å². The van der Waals surface area contributed by atoms with Gasteiger partial charge in [0.25, 0.3) is 0 Å². The molecule has 0 amide bonds. The van der Waals surface area contributed by atoms with Crippen molar-refractivity contribution < 1.29 is 13.2 Å². The summed E-state index contributed by atoms with van der Waals surface area (Å²) in [6, 6.07) is 14.0. The van der Waals surface area contributed by atoms with Crippen LogP contribution in [0.15, 0.2) is 53.4 Å². The average molecular weight is 393 g/mol. The lowest BCUT2D eigenvalue weighted by Gasteiger charge is -2.33. The number of ketones is 1. The van der Waals surface area contributed by atoms with E-state index in [4.69, 9.17) is 11.6 Å². The van der Waals surface area contributed by atoms with Gasteiger partial charge >= 0.3 is 0 Å². The molecular weight excluding hydrogens is 372 g/mol. The molecule has 0 atom stereocenters. The third-order valence-electron chi connectivity index (χ3n) is 4.53. The maximum absolute atomic E-state index is 12.7. The van der Waals surface area contributed by atoms with E-state index in [9.17, 15) is 13.2 Å². The Hall–Kier alpha value is -1.73. The van der Waals surface area contributed by atoms with Crippen LogP contribution >= 0.6 is 11.6 Å². The molecule has 1 aliphatic rings. The summed E-state index contributed by atoms with van der Waals surface area (Å²) in [6.45, 7) is 3.99. The van der Waals surface area contributed by atoms with E-state index >= 15 is 0 Å². The van der Waals surface area contributed by atoms with E-state index in [1.54, 1.807) is 18.2 Å². The van der Waals surface area contributed by atoms with E-state index in [1.165, 1.54) is 10.4 Å². The number of carbonyl (C=O) groups excluding carboxylic acids is 1. The number of benzene rings is 2. The number of nitrogens with zero attached hydrogens (tertiary/aromatic N) is 2. The minimum atomic E-state index is -3.61. The molecule has 1 heterocycles. The minimum Gasteiger partial charge on any atom is -0.293 e. The zero-order valence-corrected chi connectivity index (χ0v) is 16.1. The molecule has 138 valence electrons. The van der Waals surface area contributed by atoms with Crippen molar-refractivity contribution in [1.82, 2.24) is 9.21 Å². The first-order valence-corrected chi connectivity index (χ1v) is 10.3. The van der Waals surface area contributed by atoms with E-state index < -0.39 is 10.0 Å². The van der Waals surface area contributed by atoms with Gasteiger partial charge in [-0.2, -0.15) is 4.31 Å². The molecule has 0 N–H and O–H groups in total.